The van der Waals surface area contributed by atoms with Gasteiger partial charge in [0.25, 0.3) is 5.56 Å². The number of fused-ring (bicyclic) bond motifs is 1. The van der Waals surface area contributed by atoms with Crippen LogP contribution in [-0.2, 0) is 4.79 Å². The minimum absolute atomic E-state index is 0.265. The number of anilines is 1. The maximum Gasteiger partial charge on any atom is 0.279 e. The fraction of sp³-hybridized carbons (Fsp3) is 0.368. The Balaban J connectivity index is 1.99. The molecule has 0 spiro atoms. The quantitative estimate of drug-likeness (QED) is 0.760. The van der Waals surface area contributed by atoms with Crippen molar-refractivity contribution in [2.45, 2.75) is 47.1 Å². The van der Waals surface area contributed by atoms with Crippen molar-refractivity contribution in [1.82, 2.24) is 15.0 Å². The molecule has 1 aromatic carbocycles. The molecule has 1 N–H and O–H groups in total. The molecule has 0 aliphatic carbocycles. The summed E-state index contributed by atoms with van der Waals surface area (Å²) in [6.07, 6.45) is 0.443. The third kappa shape index (κ3) is 3.26. The van der Waals surface area contributed by atoms with E-state index in [9.17, 15) is 9.59 Å². The number of hydrogen-bond acceptors (Lipinski definition) is 5. The van der Waals surface area contributed by atoms with Crippen LogP contribution in [0.4, 0.5) is 5.69 Å². The Kier molecular flexibility index (Phi) is 4.91. The zero-order chi connectivity index (χ0) is 19.0. The second kappa shape index (κ2) is 6.99. The molecule has 1 amide bonds. The van der Waals surface area contributed by atoms with Gasteiger partial charge < -0.3 is 5.32 Å². The number of aryl methyl sites for hydroxylation is 4. The van der Waals surface area contributed by atoms with E-state index in [1.54, 1.807) is 0 Å². The molecule has 1 unspecified atom stereocenters. The van der Waals surface area contributed by atoms with Crippen molar-refractivity contribution in [1.29, 1.82) is 0 Å². The number of thiophene rings is 1. The fourth-order valence-electron chi connectivity index (χ4n) is 3.12. The van der Waals surface area contributed by atoms with Gasteiger partial charge in [0.05, 0.1) is 5.39 Å². The van der Waals surface area contributed by atoms with E-state index in [1.807, 2.05) is 52.8 Å². The predicted octanol–water partition coefficient (Wildman–Crippen LogP) is 3.68. The average Bonchev–Trinajstić information content (AvgIpc) is 2.84. The van der Waals surface area contributed by atoms with Crippen LogP contribution in [0.1, 0.15) is 41.0 Å². The molecule has 3 rings (SSSR count). The zero-order valence-corrected chi connectivity index (χ0v) is 16.4. The van der Waals surface area contributed by atoms with Crippen LogP contribution in [0.2, 0.25) is 0 Å². The number of benzene rings is 1. The lowest BCUT2D eigenvalue weighted by atomic mass is 10.1. The Hall–Kier alpha value is -2.54. The lowest BCUT2D eigenvalue weighted by Crippen LogP contribution is -2.35. The second-order valence-electron chi connectivity index (χ2n) is 6.59. The first-order valence-electron chi connectivity index (χ1n) is 8.56. The first kappa shape index (κ1) is 18.3. The molecule has 0 fully saturated rings. The van der Waals surface area contributed by atoms with Gasteiger partial charge in [-0.2, -0.15) is 4.68 Å². The molecule has 0 bridgehead atoms. The molecule has 1 atom stereocenters. The summed E-state index contributed by atoms with van der Waals surface area (Å²) in [7, 11) is 0. The fourth-order valence-corrected chi connectivity index (χ4v) is 4.09. The Morgan fingerprint density at radius 3 is 2.46 bits per heavy atom. The first-order valence-corrected chi connectivity index (χ1v) is 9.37. The van der Waals surface area contributed by atoms with Crippen LogP contribution in [0.25, 0.3) is 10.2 Å². The Morgan fingerprint density at radius 1 is 1.19 bits per heavy atom. The molecule has 0 saturated heterocycles. The van der Waals surface area contributed by atoms with Crippen LogP contribution in [0, 0.1) is 27.7 Å². The molecule has 26 heavy (non-hydrogen) atoms. The number of carbonyl (C=O) groups is 1. The van der Waals surface area contributed by atoms with E-state index in [0.717, 1.165) is 27.3 Å². The van der Waals surface area contributed by atoms with Gasteiger partial charge in [-0.1, -0.05) is 18.2 Å². The summed E-state index contributed by atoms with van der Waals surface area (Å²) < 4.78 is 1.21. The van der Waals surface area contributed by atoms with Gasteiger partial charge >= 0.3 is 0 Å². The summed E-state index contributed by atoms with van der Waals surface area (Å²) >= 11 is 1.45. The molecule has 3 aromatic rings. The molecule has 0 radical (unpaired) electrons. The Morgan fingerprint density at radius 2 is 1.85 bits per heavy atom. The third-order valence-corrected chi connectivity index (χ3v) is 5.59. The molecule has 2 heterocycles. The van der Waals surface area contributed by atoms with Crippen molar-refractivity contribution in [3.63, 3.8) is 0 Å². The minimum Gasteiger partial charge on any atom is -0.324 e. The molecule has 6 nitrogen and oxygen atoms in total. The maximum absolute atomic E-state index is 12.9. The van der Waals surface area contributed by atoms with Crippen LogP contribution in [-0.4, -0.2) is 20.9 Å². The molecule has 0 saturated carbocycles. The van der Waals surface area contributed by atoms with Gasteiger partial charge in [0.15, 0.2) is 4.83 Å². The van der Waals surface area contributed by atoms with Crippen molar-refractivity contribution in [3.05, 3.63) is 50.1 Å². The number of rotatable bonds is 4. The summed E-state index contributed by atoms with van der Waals surface area (Å²) in [4.78, 5) is 27.4. The summed E-state index contributed by atoms with van der Waals surface area (Å²) in [5.74, 6) is -0.266. The van der Waals surface area contributed by atoms with Crippen molar-refractivity contribution >= 4 is 33.1 Å². The summed E-state index contributed by atoms with van der Waals surface area (Å²) in [6.45, 7) is 9.67. The van der Waals surface area contributed by atoms with Gasteiger partial charge in [0, 0.05) is 10.6 Å². The van der Waals surface area contributed by atoms with Gasteiger partial charge in [-0.3, -0.25) is 9.59 Å². The maximum atomic E-state index is 12.9. The third-order valence-electron chi connectivity index (χ3n) is 4.49. The minimum atomic E-state index is -0.708. The predicted molar refractivity (Wildman–Crippen MR) is 105 cm³/mol. The second-order valence-corrected chi connectivity index (χ2v) is 7.80. The molecule has 0 aliphatic heterocycles. The van der Waals surface area contributed by atoms with Gasteiger partial charge in [-0.15, -0.1) is 16.4 Å². The SMILES string of the molecule is CCC(C(=O)Nc1cc(C)cc(C)c1)n1nnc2sc(C)c(C)c2c1=O. The summed E-state index contributed by atoms with van der Waals surface area (Å²) in [5, 5.41) is 11.7. The topological polar surface area (TPSA) is 76.9 Å². The molecule has 7 heteroatoms. The van der Waals surface area contributed by atoms with E-state index >= 15 is 0 Å². The smallest absolute Gasteiger partial charge is 0.279 e. The lowest BCUT2D eigenvalue weighted by molar-refractivity contribution is -0.119. The summed E-state index contributed by atoms with van der Waals surface area (Å²) in [6, 6.07) is 5.14. The molecular formula is C19H22N4O2S. The molecule has 2 aromatic heterocycles. The van der Waals surface area contributed by atoms with Gasteiger partial charge in [0.2, 0.25) is 5.91 Å². The van der Waals surface area contributed by atoms with Gasteiger partial charge in [0.1, 0.15) is 6.04 Å². The Labute approximate surface area is 155 Å². The van der Waals surface area contributed by atoms with Crippen LogP contribution < -0.4 is 10.9 Å². The highest BCUT2D eigenvalue weighted by molar-refractivity contribution is 7.18. The van der Waals surface area contributed by atoms with E-state index in [2.05, 4.69) is 15.6 Å². The largest absolute Gasteiger partial charge is 0.324 e. The first-order chi connectivity index (χ1) is 12.3. The number of nitrogens with one attached hydrogen (secondary N) is 1. The number of aromatic nitrogens is 3. The van der Waals surface area contributed by atoms with Crippen LogP contribution in [0.3, 0.4) is 0 Å². The van der Waals surface area contributed by atoms with Crippen molar-refractivity contribution in [3.8, 4) is 0 Å². The van der Waals surface area contributed by atoms with Gasteiger partial charge in [-0.25, -0.2) is 0 Å². The van der Waals surface area contributed by atoms with E-state index in [4.69, 9.17) is 0 Å². The number of carbonyl (C=O) groups excluding carboxylic acids is 1. The summed E-state index contributed by atoms with van der Waals surface area (Å²) in [5.41, 5.74) is 3.49. The average molecular weight is 370 g/mol. The van der Waals surface area contributed by atoms with Crippen molar-refractivity contribution < 1.29 is 4.79 Å². The van der Waals surface area contributed by atoms with Crippen molar-refractivity contribution in [2.24, 2.45) is 0 Å². The van der Waals surface area contributed by atoms with Crippen LogP contribution in [0.5, 0.6) is 0 Å². The number of amides is 1. The number of nitrogens with zero attached hydrogens (tertiary/aromatic N) is 3. The zero-order valence-electron chi connectivity index (χ0n) is 15.6. The normalized spacial score (nSPS) is 12.3. The van der Waals surface area contributed by atoms with E-state index in [0.29, 0.717) is 16.6 Å². The van der Waals surface area contributed by atoms with Crippen LogP contribution in [0.15, 0.2) is 23.0 Å². The van der Waals surface area contributed by atoms with E-state index < -0.39 is 6.04 Å². The highest BCUT2D eigenvalue weighted by Gasteiger charge is 2.24. The van der Waals surface area contributed by atoms with Crippen LogP contribution >= 0.6 is 11.3 Å². The highest BCUT2D eigenvalue weighted by atomic mass is 32.1. The Bertz CT molecular complexity index is 1030. The van der Waals surface area contributed by atoms with Gasteiger partial charge in [-0.05, 0) is 62.9 Å². The standard InChI is InChI=1S/C19H22N4O2S/c1-6-15(17(24)20-14-8-10(2)7-11(3)9-14)23-19(25)16-12(4)13(5)26-18(16)21-22-23/h7-9,15H,6H2,1-5H3,(H,20,24). The highest BCUT2D eigenvalue weighted by Crippen LogP contribution is 2.25. The molecule has 136 valence electrons. The molecule has 0 aliphatic rings. The lowest BCUT2D eigenvalue weighted by Gasteiger charge is -2.16. The monoisotopic (exact) mass is 370 g/mol. The van der Waals surface area contributed by atoms with E-state index in [-0.39, 0.29) is 11.5 Å². The van der Waals surface area contributed by atoms with Crippen molar-refractivity contribution in [2.75, 3.05) is 5.32 Å². The van der Waals surface area contributed by atoms with E-state index in [1.165, 1.54) is 16.0 Å². The number of hydrogen-bond donors (Lipinski definition) is 1. The molecular weight excluding hydrogens is 348 g/mol.